The van der Waals surface area contributed by atoms with Crippen LogP contribution in [0.3, 0.4) is 0 Å². The van der Waals surface area contributed by atoms with Crippen LogP contribution in [0.1, 0.15) is 63.2 Å². The lowest BCUT2D eigenvalue weighted by atomic mass is 10.1. The lowest BCUT2D eigenvalue weighted by Crippen LogP contribution is -2.15. The quantitative estimate of drug-likeness (QED) is 0.578. The van der Waals surface area contributed by atoms with Crippen LogP contribution in [-0.2, 0) is 9.53 Å². The highest BCUT2D eigenvalue weighted by molar-refractivity contribution is 5.92. The van der Waals surface area contributed by atoms with Crippen LogP contribution in [0, 0.1) is 0 Å². The van der Waals surface area contributed by atoms with Gasteiger partial charge >= 0.3 is 5.97 Å². The van der Waals surface area contributed by atoms with Crippen LogP contribution >= 0.6 is 0 Å². The van der Waals surface area contributed by atoms with E-state index in [4.69, 9.17) is 4.74 Å². The van der Waals surface area contributed by atoms with Gasteiger partial charge in [-0.25, -0.2) is 4.79 Å². The summed E-state index contributed by atoms with van der Waals surface area (Å²) < 4.78 is 5.41. The normalized spacial score (nSPS) is 11.8. The fourth-order valence-corrected chi connectivity index (χ4v) is 2.06. The van der Waals surface area contributed by atoms with Gasteiger partial charge in [0.05, 0.1) is 11.7 Å². The SMILES string of the molecule is CCCCCC[C@@H](C)OC(=O)c1ccc(NC(C)=O)cc1. The van der Waals surface area contributed by atoms with E-state index in [-0.39, 0.29) is 18.0 Å². The number of rotatable bonds is 8. The number of carbonyl (C=O) groups is 2. The van der Waals surface area contributed by atoms with Crippen LogP contribution in [0.4, 0.5) is 5.69 Å². The monoisotopic (exact) mass is 291 g/mol. The summed E-state index contributed by atoms with van der Waals surface area (Å²) in [6.07, 6.45) is 5.54. The summed E-state index contributed by atoms with van der Waals surface area (Å²) in [6, 6.07) is 6.72. The lowest BCUT2D eigenvalue weighted by Gasteiger charge is -2.13. The number of unbranched alkanes of at least 4 members (excludes halogenated alkanes) is 3. The van der Waals surface area contributed by atoms with Gasteiger partial charge in [-0.1, -0.05) is 26.2 Å². The van der Waals surface area contributed by atoms with Gasteiger partial charge in [0, 0.05) is 12.6 Å². The second-order valence-corrected chi connectivity index (χ2v) is 5.32. The maximum atomic E-state index is 12.0. The molecule has 4 nitrogen and oxygen atoms in total. The third-order valence-corrected chi connectivity index (χ3v) is 3.21. The molecule has 4 heteroatoms. The number of amides is 1. The van der Waals surface area contributed by atoms with Crippen molar-refractivity contribution in [3.8, 4) is 0 Å². The molecule has 0 aromatic heterocycles. The minimum atomic E-state index is -0.313. The first-order chi connectivity index (χ1) is 10.0. The summed E-state index contributed by atoms with van der Waals surface area (Å²) in [6.45, 7) is 5.55. The molecule has 21 heavy (non-hydrogen) atoms. The largest absolute Gasteiger partial charge is 0.459 e. The number of ether oxygens (including phenoxy) is 1. The van der Waals surface area contributed by atoms with Crippen molar-refractivity contribution in [2.45, 2.75) is 59.0 Å². The first-order valence-corrected chi connectivity index (χ1v) is 7.61. The van der Waals surface area contributed by atoms with E-state index in [9.17, 15) is 9.59 Å². The highest BCUT2D eigenvalue weighted by Crippen LogP contribution is 2.13. The molecule has 0 bridgehead atoms. The Kier molecular flexibility index (Phi) is 7.51. The number of anilines is 1. The number of hydrogen-bond donors (Lipinski definition) is 1. The minimum absolute atomic E-state index is 0.0654. The highest BCUT2D eigenvalue weighted by atomic mass is 16.5. The van der Waals surface area contributed by atoms with Crippen molar-refractivity contribution in [1.29, 1.82) is 0 Å². The van der Waals surface area contributed by atoms with Crippen molar-refractivity contribution in [3.05, 3.63) is 29.8 Å². The average molecular weight is 291 g/mol. The molecule has 0 radical (unpaired) electrons. The number of nitrogens with one attached hydrogen (secondary N) is 1. The smallest absolute Gasteiger partial charge is 0.338 e. The molecule has 0 heterocycles. The molecule has 116 valence electrons. The summed E-state index contributed by atoms with van der Waals surface area (Å²) in [5, 5.41) is 2.66. The van der Waals surface area contributed by atoms with E-state index >= 15 is 0 Å². The van der Waals surface area contributed by atoms with Gasteiger partial charge in [-0.2, -0.15) is 0 Å². The van der Waals surface area contributed by atoms with Gasteiger partial charge in [-0.3, -0.25) is 4.79 Å². The molecule has 1 aromatic rings. The van der Waals surface area contributed by atoms with Crippen molar-refractivity contribution in [2.75, 3.05) is 5.32 Å². The minimum Gasteiger partial charge on any atom is -0.459 e. The van der Waals surface area contributed by atoms with E-state index in [1.54, 1.807) is 24.3 Å². The lowest BCUT2D eigenvalue weighted by molar-refractivity contribution is -0.114. The molecule has 1 N–H and O–H groups in total. The molecule has 1 amide bonds. The van der Waals surface area contributed by atoms with Gasteiger partial charge in [-0.15, -0.1) is 0 Å². The summed E-state index contributed by atoms with van der Waals surface area (Å²) in [4.78, 5) is 22.9. The molecular weight excluding hydrogens is 266 g/mol. The van der Waals surface area contributed by atoms with Crippen molar-refractivity contribution in [3.63, 3.8) is 0 Å². The second-order valence-electron chi connectivity index (χ2n) is 5.32. The zero-order valence-electron chi connectivity index (χ0n) is 13.1. The van der Waals surface area contributed by atoms with Gasteiger partial charge in [0.15, 0.2) is 0 Å². The van der Waals surface area contributed by atoms with Gasteiger partial charge in [0.2, 0.25) is 5.91 Å². The Morgan fingerprint density at radius 1 is 1.14 bits per heavy atom. The van der Waals surface area contributed by atoms with Crippen LogP contribution in [0.15, 0.2) is 24.3 Å². The Morgan fingerprint density at radius 3 is 2.38 bits per heavy atom. The molecule has 1 rings (SSSR count). The Morgan fingerprint density at radius 2 is 1.81 bits per heavy atom. The summed E-state index contributed by atoms with van der Waals surface area (Å²) >= 11 is 0. The fraction of sp³-hybridized carbons (Fsp3) is 0.529. The molecular formula is C17H25NO3. The molecule has 0 aliphatic rings. The third kappa shape index (κ3) is 6.93. The van der Waals surface area contributed by atoms with Crippen LogP contribution in [0.5, 0.6) is 0 Å². The topological polar surface area (TPSA) is 55.4 Å². The van der Waals surface area contributed by atoms with E-state index in [0.29, 0.717) is 11.3 Å². The molecule has 1 aromatic carbocycles. The van der Waals surface area contributed by atoms with E-state index in [0.717, 1.165) is 12.8 Å². The van der Waals surface area contributed by atoms with Crippen LogP contribution in [0.2, 0.25) is 0 Å². The summed E-state index contributed by atoms with van der Waals surface area (Å²) in [7, 11) is 0. The maximum absolute atomic E-state index is 12.0. The highest BCUT2D eigenvalue weighted by Gasteiger charge is 2.11. The van der Waals surface area contributed by atoms with Gasteiger partial charge in [0.25, 0.3) is 0 Å². The maximum Gasteiger partial charge on any atom is 0.338 e. The van der Waals surface area contributed by atoms with E-state index in [2.05, 4.69) is 12.2 Å². The number of carbonyl (C=O) groups excluding carboxylic acids is 2. The van der Waals surface area contributed by atoms with Crippen molar-refractivity contribution < 1.29 is 14.3 Å². The second kappa shape index (κ2) is 9.16. The van der Waals surface area contributed by atoms with E-state index in [1.807, 2.05) is 6.92 Å². The first kappa shape index (κ1) is 17.2. The molecule has 1 atom stereocenters. The molecule has 0 fully saturated rings. The Balaban J connectivity index is 2.42. The molecule has 0 saturated heterocycles. The number of esters is 1. The Bertz CT molecular complexity index is 454. The van der Waals surface area contributed by atoms with Gasteiger partial charge in [0.1, 0.15) is 0 Å². The molecule has 0 spiro atoms. The number of benzene rings is 1. The zero-order valence-corrected chi connectivity index (χ0v) is 13.1. The van der Waals surface area contributed by atoms with Crippen molar-refractivity contribution in [1.82, 2.24) is 0 Å². The summed E-state index contributed by atoms with van der Waals surface area (Å²) in [5.41, 5.74) is 1.18. The molecule has 0 unspecified atom stereocenters. The molecule has 0 saturated carbocycles. The predicted molar refractivity (Wildman–Crippen MR) is 84.4 cm³/mol. The van der Waals surface area contributed by atoms with Crippen molar-refractivity contribution in [2.24, 2.45) is 0 Å². The van der Waals surface area contributed by atoms with Gasteiger partial charge in [-0.05, 0) is 44.0 Å². The first-order valence-electron chi connectivity index (χ1n) is 7.61. The molecule has 0 aliphatic heterocycles. The van der Waals surface area contributed by atoms with Gasteiger partial charge < -0.3 is 10.1 Å². The Labute approximate surface area is 126 Å². The zero-order chi connectivity index (χ0) is 15.7. The Hall–Kier alpha value is -1.84. The summed E-state index contributed by atoms with van der Waals surface area (Å²) in [5.74, 6) is -0.446. The third-order valence-electron chi connectivity index (χ3n) is 3.21. The average Bonchev–Trinajstić information content (AvgIpc) is 2.43. The van der Waals surface area contributed by atoms with Crippen molar-refractivity contribution >= 4 is 17.6 Å². The number of hydrogen-bond acceptors (Lipinski definition) is 3. The standard InChI is InChI=1S/C17H25NO3/c1-4-5-6-7-8-13(2)21-17(20)15-9-11-16(12-10-15)18-14(3)19/h9-13H,4-8H2,1-3H3,(H,18,19)/t13-/m1/s1. The van der Waals surface area contributed by atoms with Crippen LogP contribution in [0.25, 0.3) is 0 Å². The predicted octanol–water partition coefficient (Wildman–Crippen LogP) is 4.16. The fourth-order valence-electron chi connectivity index (χ4n) is 2.06. The van der Waals surface area contributed by atoms with E-state index in [1.165, 1.54) is 26.2 Å². The van der Waals surface area contributed by atoms with Crippen LogP contribution in [-0.4, -0.2) is 18.0 Å². The van der Waals surface area contributed by atoms with E-state index < -0.39 is 0 Å². The molecule has 0 aliphatic carbocycles. The van der Waals surface area contributed by atoms with Crippen LogP contribution < -0.4 is 5.32 Å².